The van der Waals surface area contributed by atoms with Crippen molar-refractivity contribution in [2.45, 2.75) is 13.1 Å². The topological polar surface area (TPSA) is 82.4 Å². The van der Waals surface area contributed by atoms with Crippen molar-refractivity contribution in [3.8, 4) is 22.6 Å². The van der Waals surface area contributed by atoms with Gasteiger partial charge in [0.05, 0.1) is 26.1 Å². The van der Waals surface area contributed by atoms with Gasteiger partial charge in [-0.15, -0.1) is 11.3 Å². The molecule has 8 heteroatoms. The first-order valence-corrected chi connectivity index (χ1v) is 10.5. The molecule has 0 saturated heterocycles. The molecule has 4 rings (SSSR count). The van der Waals surface area contributed by atoms with E-state index in [2.05, 4.69) is 10.3 Å². The minimum absolute atomic E-state index is 0.0896. The van der Waals surface area contributed by atoms with Crippen LogP contribution in [-0.2, 0) is 17.9 Å². The van der Waals surface area contributed by atoms with Crippen LogP contribution in [-0.4, -0.2) is 29.7 Å². The molecular weight excluding hydrogens is 414 g/mol. The predicted molar refractivity (Wildman–Crippen MR) is 121 cm³/mol. The zero-order valence-electron chi connectivity index (χ0n) is 17.1. The maximum atomic E-state index is 12.9. The lowest BCUT2D eigenvalue weighted by molar-refractivity contribution is -0.121. The zero-order valence-corrected chi connectivity index (χ0v) is 17.9. The highest BCUT2D eigenvalue weighted by atomic mass is 32.1. The van der Waals surface area contributed by atoms with Crippen molar-refractivity contribution >= 4 is 27.5 Å². The first kappa shape index (κ1) is 20.6. The minimum atomic E-state index is -0.258. The molecule has 2 aromatic carbocycles. The summed E-state index contributed by atoms with van der Waals surface area (Å²) in [4.78, 5) is 29.7. The van der Waals surface area contributed by atoms with Crippen LogP contribution in [0.1, 0.15) is 5.56 Å². The Bertz CT molecular complexity index is 1260. The first-order chi connectivity index (χ1) is 15.1. The van der Waals surface area contributed by atoms with E-state index in [0.717, 1.165) is 28.2 Å². The third-order valence-corrected chi connectivity index (χ3v) is 5.87. The fraction of sp³-hybridized carbons (Fsp3) is 0.174. The number of amides is 1. The van der Waals surface area contributed by atoms with Crippen molar-refractivity contribution < 1.29 is 14.3 Å². The number of carbonyl (C=O) groups excluding carboxylic acids is 1. The second kappa shape index (κ2) is 9.01. The SMILES string of the molecule is COc1ccc(CNC(=O)Cn2cnc3c(-c4ccc(OC)cc4)csc3c2=O)cc1. The molecule has 7 nitrogen and oxygen atoms in total. The van der Waals surface area contributed by atoms with E-state index in [9.17, 15) is 9.59 Å². The van der Waals surface area contributed by atoms with Crippen molar-refractivity contribution in [2.75, 3.05) is 14.2 Å². The van der Waals surface area contributed by atoms with Crippen molar-refractivity contribution in [1.29, 1.82) is 0 Å². The van der Waals surface area contributed by atoms with E-state index in [1.54, 1.807) is 14.2 Å². The summed E-state index contributed by atoms with van der Waals surface area (Å²) in [6, 6.07) is 15.0. The number of hydrogen-bond donors (Lipinski definition) is 1. The van der Waals surface area contributed by atoms with Crippen molar-refractivity contribution in [3.05, 3.63) is 76.2 Å². The van der Waals surface area contributed by atoms with E-state index >= 15 is 0 Å². The highest BCUT2D eigenvalue weighted by Gasteiger charge is 2.14. The molecule has 0 saturated carbocycles. The number of methoxy groups -OCH3 is 2. The first-order valence-electron chi connectivity index (χ1n) is 9.59. The Morgan fingerprint density at radius 1 is 1.03 bits per heavy atom. The Hall–Kier alpha value is -3.65. The van der Waals surface area contributed by atoms with Gasteiger partial charge in [0, 0.05) is 17.5 Å². The summed E-state index contributed by atoms with van der Waals surface area (Å²) in [6.07, 6.45) is 1.43. The number of thiophene rings is 1. The number of aromatic nitrogens is 2. The predicted octanol–water partition coefficient (Wildman–Crippen LogP) is 3.46. The Kier molecular flexibility index (Phi) is 5.99. The highest BCUT2D eigenvalue weighted by Crippen LogP contribution is 2.31. The Morgan fingerprint density at radius 3 is 2.32 bits per heavy atom. The maximum Gasteiger partial charge on any atom is 0.271 e. The monoisotopic (exact) mass is 435 g/mol. The molecule has 0 unspecified atom stereocenters. The summed E-state index contributed by atoms with van der Waals surface area (Å²) in [6.45, 7) is 0.279. The van der Waals surface area contributed by atoms with E-state index in [1.807, 2.05) is 53.9 Å². The Labute approximate surface area is 182 Å². The van der Waals surface area contributed by atoms with Crippen LogP contribution in [0, 0.1) is 0 Å². The minimum Gasteiger partial charge on any atom is -0.497 e. The molecule has 0 atom stereocenters. The molecule has 0 aliphatic heterocycles. The third-order valence-electron chi connectivity index (χ3n) is 4.91. The lowest BCUT2D eigenvalue weighted by atomic mass is 10.1. The van der Waals surface area contributed by atoms with Crippen LogP contribution in [0.25, 0.3) is 21.3 Å². The zero-order chi connectivity index (χ0) is 21.8. The molecule has 0 radical (unpaired) electrons. The quantitative estimate of drug-likeness (QED) is 0.481. The summed E-state index contributed by atoms with van der Waals surface area (Å²) >= 11 is 1.33. The average molecular weight is 436 g/mol. The molecule has 2 aromatic heterocycles. The third kappa shape index (κ3) is 4.44. The fourth-order valence-electron chi connectivity index (χ4n) is 3.18. The smallest absolute Gasteiger partial charge is 0.271 e. The van der Waals surface area contributed by atoms with E-state index in [1.165, 1.54) is 22.2 Å². The van der Waals surface area contributed by atoms with Crippen LogP contribution in [0.5, 0.6) is 11.5 Å². The van der Waals surface area contributed by atoms with Gasteiger partial charge in [-0.25, -0.2) is 4.98 Å². The average Bonchev–Trinajstić information content (AvgIpc) is 3.25. The van der Waals surface area contributed by atoms with Gasteiger partial charge in [-0.1, -0.05) is 24.3 Å². The summed E-state index contributed by atoms with van der Waals surface area (Å²) in [5.74, 6) is 1.26. The summed E-state index contributed by atoms with van der Waals surface area (Å²) in [7, 11) is 3.22. The van der Waals surface area contributed by atoms with Crippen LogP contribution >= 0.6 is 11.3 Å². The number of ether oxygens (including phenoxy) is 2. The van der Waals surface area contributed by atoms with Crippen molar-refractivity contribution in [3.63, 3.8) is 0 Å². The van der Waals surface area contributed by atoms with Crippen LogP contribution in [0.4, 0.5) is 0 Å². The van der Waals surface area contributed by atoms with Crippen molar-refractivity contribution in [2.24, 2.45) is 0 Å². The van der Waals surface area contributed by atoms with Gasteiger partial charge < -0.3 is 14.8 Å². The van der Waals surface area contributed by atoms with Gasteiger partial charge >= 0.3 is 0 Å². The van der Waals surface area contributed by atoms with Gasteiger partial charge in [0.1, 0.15) is 22.7 Å². The number of fused-ring (bicyclic) bond motifs is 1. The van der Waals surface area contributed by atoms with Gasteiger partial charge in [0.25, 0.3) is 5.56 Å². The molecule has 0 aliphatic carbocycles. The number of benzene rings is 2. The van der Waals surface area contributed by atoms with Gasteiger partial charge in [0.15, 0.2) is 0 Å². The molecule has 0 aliphatic rings. The molecular formula is C23H21N3O4S. The Morgan fingerprint density at radius 2 is 1.68 bits per heavy atom. The number of rotatable bonds is 7. The van der Waals surface area contributed by atoms with E-state index < -0.39 is 0 Å². The van der Waals surface area contributed by atoms with Gasteiger partial charge in [-0.05, 0) is 35.4 Å². The lowest BCUT2D eigenvalue weighted by Crippen LogP contribution is -2.31. The van der Waals surface area contributed by atoms with E-state index in [4.69, 9.17) is 9.47 Å². The van der Waals surface area contributed by atoms with Crippen molar-refractivity contribution in [1.82, 2.24) is 14.9 Å². The second-order valence-corrected chi connectivity index (χ2v) is 7.74. The highest BCUT2D eigenvalue weighted by molar-refractivity contribution is 7.17. The molecule has 1 amide bonds. The molecule has 2 heterocycles. The molecule has 0 bridgehead atoms. The number of nitrogens with one attached hydrogen (secondary N) is 1. The van der Waals surface area contributed by atoms with Gasteiger partial charge in [0.2, 0.25) is 5.91 Å². The van der Waals surface area contributed by atoms with E-state index in [-0.39, 0.29) is 18.0 Å². The second-order valence-electron chi connectivity index (χ2n) is 6.86. The van der Waals surface area contributed by atoms with Crippen LogP contribution in [0.3, 0.4) is 0 Å². The standard InChI is InChI=1S/C23H21N3O4S/c1-29-17-7-3-15(4-8-17)11-24-20(27)12-26-14-25-21-19(13-31-22(21)23(26)28)16-5-9-18(30-2)10-6-16/h3-10,13-14H,11-12H2,1-2H3,(H,24,27). The summed E-state index contributed by atoms with van der Waals surface area (Å²) < 4.78 is 12.2. The summed E-state index contributed by atoms with van der Waals surface area (Å²) in [5, 5.41) is 4.74. The molecule has 1 N–H and O–H groups in total. The number of carbonyl (C=O) groups is 1. The van der Waals surface area contributed by atoms with Crippen LogP contribution in [0.15, 0.2) is 65.0 Å². The van der Waals surface area contributed by atoms with Gasteiger partial charge in [-0.2, -0.15) is 0 Å². The number of hydrogen-bond acceptors (Lipinski definition) is 6. The van der Waals surface area contributed by atoms with Gasteiger partial charge in [-0.3, -0.25) is 14.2 Å². The Balaban J connectivity index is 1.48. The van der Waals surface area contributed by atoms with E-state index in [0.29, 0.717) is 16.8 Å². The maximum absolute atomic E-state index is 12.9. The molecule has 0 fully saturated rings. The van der Waals surface area contributed by atoms with Crippen LogP contribution < -0.4 is 20.3 Å². The summed E-state index contributed by atoms with van der Waals surface area (Å²) in [5.41, 5.74) is 3.19. The largest absolute Gasteiger partial charge is 0.497 e. The van der Waals surface area contributed by atoms with Crippen LogP contribution in [0.2, 0.25) is 0 Å². The molecule has 158 valence electrons. The normalized spacial score (nSPS) is 10.8. The number of nitrogens with zero attached hydrogens (tertiary/aromatic N) is 2. The molecule has 0 spiro atoms. The molecule has 31 heavy (non-hydrogen) atoms. The lowest BCUT2D eigenvalue weighted by Gasteiger charge is -2.08. The fourth-order valence-corrected chi connectivity index (χ4v) is 4.16. The molecule has 4 aromatic rings.